The molecule has 0 aliphatic carbocycles. The van der Waals surface area contributed by atoms with Crippen LogP contribution in [0, 0.1) is 0 Å². The summed E-state index contributed by atoms with van der Waals surface area (Å²) in [4.78, 5) is 30.5. The second-order valence-electron chi connectivity index (χ2n) is 14.1. The highest BCUT2D eigenvalue weighted by molar-refractivity contribution is 8.04. The summed E-state index contributed by atoms with van der Waals surface area (Å²) in [5.41, 5.74) is 6.52. The van der Waals surface area contributed by atoms with Crippen molar-refractivity contribution in [1.29, 1.82) is 0 Å². The van der Waals surface area contributed by atoms with Gasteiger partial charge >= 0.3 is 0 Å². The number of anilines is 2. The fraction of sp³-hybridized carbons (Fsp3) is 0.167. The number of hydrogen-bond donors (Lipinski definition) is 3. The number of para-hydroxylation sites is 4. The molecule has 4 heterocycles. The van der Waals surface area contributed by atoms with Crippen LogP contribution in [0.4, 0.5) is 11.4 Å². The molecule has 8 rings (SSSR count). The Morgan fingerprint density at radius 3 is 2.07 bits per heavy atom. The molecule has 2 aliphatic rings. The predicted octanol–water partition coefficient (Wildman–Crippen LogP) is 7.73. The van der Waals surface area contributed by atoms with Crippen molar-refractivity contribution in [1.82, 2.24) is 10.6 Å². The second kappa shape index (κ2) is 19.2. The van der Waals surface area contributed by atoms with E-state index in [0.29, 0.717) is 26.3 Å². The third-order valence-corrected chi connectivity index (χ3v) is 12.3. The number of allylic oxidation sites excluding steroid dienone is 4. The van der Waals surface area contributed by atoms with Gasteiger partial charge in [0.25, 0.3) is 5.91 Å². The van der Waals surface area contributed by atoms with Crippen LogP contribution >= 0.6 is 23.5 Å². The smallest absolute Gasteiger partial charge is 0.286 e. The lowest BCUT2D eigenvalue weighted by Gasteiger charge is -2.12. The maximum Gasteiger partial charge on any atom is 0.286 e. The van der Waals surface area contributed by atoms with E-state index in [2.05, 4.69) is 125 Å². The maximum absolute atomic E-state index is 13.0. The fourth-order valence-corrected chi connectivity index (χ4v) is 9.11. The standard InChI is InChI=1S/C48H44N6O3S2/c1-52-43-19-7-9-21-45(43)59-48(52)23-11-13-36-24-28-53(41-17-5-2-14-38(36)41)33-37(55)32-49-26-30-57-31-27-50-46(56)34-54-29-25-35(39-15-3-6-18-42(39)54)12-10-22-47-51-40-16-4-8-20-44(40)58-47/h2-25,28-29,49H,26-27,30-34H2,1H3/p+2. The normalized spacial score (nSPS) is 14.8. The predicted molar refractivity (Wildman–Crippen MR) is 241 cm³/mol. The Balaban J connectivity index is 0.746. The van der Waals surface area contributed by atoms with Crippen molar-refractivity contribution in [3.8, 4) is 0 Å². The first-order valence-electron chi connectivity index (χ1n) is 19.7. The van der Waals surface area contributed by atoms with Crippen molar-refractivity contribution in [2.24, 2.45) is 0 Å². The van der Waals surface area contributed by atoms with E-state index in [0.717, 1.165) is 43.6 Å². The molecular formula is C48H46N6O3S2+2. The maximum atomic E-state index is 13.0. The average Bonchev–Trinajstić information content (AvgIpc) is 3.83. The summed E-state index contributed by atoms with van der Waals surface area (Å²) in [6.45, 7) is 2.47. The minimum atomic E-state index is -0.0850. The highest BCUT2D eigenvalue weighted by atomic mass is 32.2. The zero-order valence-corrected chi connectivity index (χ0v) is 34.5. The first-order chi connectivity index (χ1) is 29.0. The Morgan fingerprint density at radius 1 is 0.712 bits per heavy atom. The highest BCUT2D eigenvalue weighted by Gasteiger charge is 2.21. The monoisotopic (exact) mass is 818 g/mol. The molecule has 0 saturated heterocycles. The molecule has 0 saturated carbocycles. The zero-order chi connectivity index (χ0) is 40.4. The van der Waals surface area contributed by atoms with Crippen molar-refractivity contribution in [2.75, 3.05) is 50.1 Å². The number of pyridine rings is 2. The van der Waals surface area contributed by atoms with Gasteiger partial charge in [0.2, 0.25) is 29.9 Å². The Labute approximate surface area is 353 Å². The van der Waals surface area contributed by atoms with Gasteiger partial charge in [0.15, 0.2) is 12.4 Å². The summed E-state index contributed by atoms with van der Waals surface area (Å²) >= 11 is 3.49. The van der Waals surface area contributed by atoms with Crippen molar-refractivity contribution < 1.29 is 23.5 Å². The molecule has 0 bridgehead atoms. The van der Waals surface area contributed by atoms with Crippen molar-refractivity contribution in [2.45, 2.75) is 22.9 Å². The van der Waals surface area contributed by atoms with E-state index in [4.69, 9.17) is 4.74 Å². The Bertz CT molecular complexity index is 2610. The minimum absolute atomic E-state index is 0.0829. The molecule has 1 amide bonds. The van der Waals surface area contributed by atoms with Gasteiger partial charge in [-0.2, -0.15) is 9.13 Å². The molecule has 3 N–H and O–H groups in total. The van der Waals surface area contributed by atoms with Gasteiger partial charge in [0, 0.05) is 54.2 Å². The number of carbonyl (C=O) groups is 2. The first-order valence-corrected chi connectivity index (χ1v) is 21.3. The van der Waals surface area contributed by atoms with Crippen LogP contribution in [0.15, 0.2) is 166 Å². The third-order valence-electron chi connectivity index (χ3n) is 10.1. The van der Waals surface area contributed by atoms with Gasteiger partial charge in [-0.3, -0.25) is 9.59 Å². The van der Waals surface area contributed by atoms with Gasteiger partial charge < -0.3 is 25.6 Å². The molecule has 59 heavy (non-hydrogen) atoms. The molecular weight excluding hydrogens is 773 g/mol. The van der Waals surface area contributed by atoms with E-state index >= 15 is 0 Å². The summed E-state index contributed by atoms with van der Waals surface area (Å²) in [7, 11) is 2.09. The number of hydrogen-bond acceptors (Lipinski definition) is 8. The number of amides is 1. The number of thioether (sulfide) groups is 2. The number of aromatic nitrogens is 2. The summed E-state index contributed by atoms with van der Waals surface area (Å²) in [5.74, 6) is -0.00214. The molecule has 6 aromatic rings. The van der Waals surface area contributed by atoms with Crippen molar-refractivity contribution >= 4 is 80.5 Å². The minimum Gasteiger partial charge on any atom is -0.378 e. The first kappa shape index (κ1) is 39.8. The van der Waals surface area contributed by atoms with E-state index in [9.17, 15) is 9.59 Å². The lowest BCUT2D eigenvalue weighted by atomic mass is 10.1. The Hall–Kier alpha value is -5.98. The van der Waals surface area contributed by atoms with E-state index in [1.165, 1.54) is 20.5 Å². The van der Waals surface area contributed by atoms with Crippen LogP contribution < -0.4 is 30.0 Å². The molecule has 2 aromatic heterocycles. The van der Waals surface area contributed by atoms with Gasteiger partial charge in [-0.25, -0.2) is 0 Å². The van der Waals surface area contributed by atoms with Gasteiger partial charge in [-0.1, -0.05) is 96.4 Å². The number of carbonyl (C=O) groups excluding carboxylic acids is 2. The van der Waals surface area contributed by atoms with Crippen LogP contribution in [0.1, 0.15) is 11.1 Å². The largest absolute Gasteiger partial charge is 0.378 e. The van der Waals surface area contributed by atoms with Crippen LogP contribution in [0.5, 0.6) is 0 Å². The number of ether oxygens (including phenoxy) is 1. The molecule has 4 aromatic carbocycles. The molecule has 296 valence electrons. The number of Topliss-reactive ketones (excluding diaryl/α,β-unsaturated/α-hetero) is 1. The number of nitrogens with one attached hydrogen (secondary N) is 3. The van der Waals surface area contributed by atoms with Crippen LogP contribution in [0.3, 0.4) is 0 Å². The zero-order valence-electron chi connectivity index (χ0n) is 32.8. The fourth-order valence-electron chi connectivity index (χ4n) is 7.13. The van der Waals surface area contributed by atoms with Gasteiger partial charge in [0.05, 0.1) is 52.0 Å². The SMILES string of the molecule is CN1C(=CC=Cc2cc[n+](CC(=O)CNCCOCCNC(=O)C[n+]3ccc(C=CC=C4Nc5ccccc5S4)c4ccccc43)c3ccccc23)Sc2ccccc21. The molecule has 0 spiro atoms. The van der Waals surface area contributed by atoms with Gasteiger partial charge in [-0.05, 0) is 59.7 Å². The lowest BCUT2D eigenvalue weighted by Crippen LogP contribution is -2.44. The molecule has 0 radical (unpaired) electrons. The number of benzene rings is 4. The van der Waals surface area contributed by atoms with Crippen molar-refractivity contribution in [3.63, 3.8) is 0 Å². The topological polar surface area (TPSA) is 90.5 Å². The number of rotatable bonds is 16. The summed E-state index contributed by atoms with van der Waals surface area (Å²) in [6, 6.07) is 37.1. The molecule has 0 fully saturated rings. The number of nitrogens with zero attached hydrogens (tertiary/aromatic N) is 3. The molecule has 0 atom stereocenters. The highest BCUT2D eigenvalue weighted by Crippen LogP contribution is 2.44. The van der Waals surface area contributed by atoms with Crippen LogP contribution in [0.25, 0.3) is 34.0 Å². The summed E-state index contributed by atoms with van der Waals surface area (Å²) in [5, 5.41) is 14.0. The van der Waals surface area contributed by atoms with Gasteiger partial charge in [-0.15, -0.1) is 0 Å². The van der Waals surface area contributed by atoms with E-state index in [-0.39, 0.29) is 31.3 Å². The van der Waals surface area contributed by atoms with Gasteiger partial charge in [0.1, 0.15) is 0 Å². The molecule has 2 aliphatic heterocycles. The number of ketones is 1. The van der Waals surface area contributed by atoms with Crippen molar-refractivity contribution in [3.05, 3.63) is 167 Å². The van der Waals surface area contributed by atoms with Crippen LogP contribution in [-0.2, 0) is 27.4 Å². The summed E-state index contributed by atoms with van der Waals surface area (Å²) < 4.78 is 9.71. The lowest BCUT2D eigenvalue weighted by molar-refractivity contribution is -0.658. The summed E-state index contributed by atoms with van der Waals surface area (Å²) in [6.07, 6.45) is 16.5. The number of fused-ring (bicyclic) bond motifs is 4. The van der Waals surface area contributed by atoms with Crippen LogP contribution in [-0.4, -0.2) is 51.6 Å². The van der Waals surface area contributed by atoms with Crippen LogP contribution in [0.2, 0.25) is 0 Å². The van der Waals surface area contributed by atoms with E-state index < -0.39 is 0 Å². The Kier molecular flexibility index (Phi) is 12.9. The molecule has 9 nitrogen and oxygen atoms in total. The quantitative estimate of drug-likeness (QED) is 0.0676. The van der Waals surface area contributed by atoms with E-state index in [1.54, 1.807) is 23.5 Å². The molecule has 11 heteroatoms. The van der Waals surface area contributed by atoms with E-state index in [1.807, 2.05) is 70.1 Å². The average molecular weight is 819 g/mol. The Morgan fingerprint density at radius 2 is 1.34 bits per heavy atom. The second-order valence-corrected chi connectivity index (χ2v) is 16.3. The third kappa shape index (κ3) is 9.84. The molecule has 0 unspecified atom stereocenters.